The van der Waals surface area contributed by atoms with Gasteiger partial charge in [0.1, 0.15) is 0 Å². The lowest BCUT2D eigenvalue weighted by atomic mass is 10.1. The van der Waals surface area contributed by atoms with Gasteiger partial charge in [-0.1, -0.05) is 29.8 Å². The zero-order valence-electron chi connectivity index (χ0n) is 11.6. The van der Waals surface area contributed by atoms with Gasteiger partial charge >= 0.3 is 6.09 Å². The molecule has 110 valence electrons. The summed E-state index contributed by atoms with van der Waals surface area (Å²) in [5.41, 5.74) is -0.0774. The number of halogens is 1. The Balaban J connectivity index is 2.88. The van der Waals surface area contributed by atoms with Crippen LogP contribution in [0, 0.1) is 10.1 Å². The molecule has 1 atom stereocenters. The maximum absolute atomic E-state index is 11.7. The number of ether oxygens (including phenoxy) is 1. The quantitative estimate of drug-likeness (QED) is 0.684. The summed E-state index contributed by atoms with van der Waals surface area (Å²) in [6.45, 7) is 4.81. The molecule has 0 aromatic heterocycles. The lowest BCUT2D eigenvalue weighted by Gasteiger charge is -2.22. The number of carbonyl (C=O) groups is 1. The number of benzene rings is 1. The van der Waals surface area contributed by atoms with E-state index in [0.717, 1.165) is 0 Å². The van der Waals surface area contributed by atoms with E-state index >= 15 is 0 Å². The highest BCUT2D eigenvalue weighted by Gasteiger charge is 2.26. The minimum absolute atomic E-state index is 0.322. The SMILES string of the molecule is CC(C)(C)NC(=O)OC(C[N+](=O)[O-])c1ccccc1Cl. The molecular formula is C13H17ClN2O4. The van der Waals surface area contributed by atoms with Crippen LogP contribution in [0.4, 0.5) is 4.79 Å². The third-order valence-corrected chi connectivity index (χ3v) is 2.64. The molecule has 0 fully saturated rings. The van der Waals surface area contributed by atoms with Gasteiger partial charge < -0.3 is 10.1 Å². The smallest absolute Gasteiger partial charge is 0.408 e. The average Bonchev–Trinajstić information content (AvgIpc) is 2.25. The van der Waals surface area contributed by atoms with Gasteiger partial charge in [0.25, 0.3) is 0 Å². The minimum Gasteiger partial charge on any atom is -0.434 e. The maximum Gasteiger partial charge on any atom is 0.408 e. The molecule has 1 aromatic carbocycles. The van der Waals surface area contributed by atoms with Crippen molar-refractivity contribution in [2.24, 2.45) is 0 Å². The molecule has 0 aliphatic carbocycles. The number of amides is 1. The van der Waals surface area contributed by atoms with E-state index in [1.165, 1.54) is 0 Å². The zero-order chi connectivity index (χ0) is 15.3. The van der Waals surface area contributed by atoms with Crippen molar-refractivity contribution in [1.82, 2.24) is 5.32 Å². The summed E-state index contributed by atoms with van der Waals surface area (Å²) < 4.78 is 5.13. The first kappa shape index (κ1) is 16.2. The Kier molecular flexibility index (Phi) is 5.33. The number of alkyl carbamates (subject to hydrolysis) is 1. The van der Waals surface area contributed by atoms with Gasteiger partial charge in [-0.2, -0.15) is 0 Å². The Morgan fingerprint density at radius 3 is 2.55 bits per heavy atom. The molecule has 0 saturated heterocycles. The molecule has 7 heteroatoms. The minimum atomic E-state index is -1.03. The zero-order valence-corrected chi connectivity index (χ0v) is 12.3. The van der Waals surface area contributed by atoms with Crippen LogP contribution in [-0.4, -0.2) is 23.1 Å². The second kappa shape index (κ2) is 6.56. The number of rotatable bonds is 4. The first-order chi connectivity index (χ1) is 9.19. The fourth-order valence-electron chi connectivity index (χ4n) is 1.54. The molecule has 0 heterocycles. The van der Waals surface area contributed by atoms with E-state index in [0.29, 0.717) is 10.6 Å². The number of hydrogen-bond donors (Lipinski definition) is 1. The highest BCUT2D eigenvalue weighted by Crippen LogP contribution is 2.26. The summed E-state index contributed by atoms with van der Waals surface area (Å²) in [6, 6.07) is 6.57. The van der Waals surface area contributed by atoms with Crippen molar-refractivity contribution >= 4 is 17.7 Å². The van der Waals surface area contributed by atoms with Crippen LogP contribution < -0.4 is 5.32 Å². The summed E-state index contributed by atoms with van der Waals surface area (Å²) in [4.78, 5) is 21.9. The van der Waals surface area contributed by atoms with Gasteiger partial charge in [-0.15, -0.1) is 0 Å². The van der Waals surface area contributed by atoms with Crippen LogP contribution in [0.25, 0.3) is 0 Å². The molecule has 0 radical (unpaired) electrons. The van der Waals surface area contributed by atoms with Gasteiger partial charge in [-0.25, -0.2) is 4.79 Å². The van der Waals surface area contributed by atoms with Gasteiger partial charge in [0, 0.05) is 21.0 Å². The van der Waals surface area contributed by atoms with E-state index in [-0.39, 0.29) is 0 Å². The van der Waals surface area contributed by atoms with Crippen LogP contribution in [0.15, 0.2) is 24.3 Å². The molecule has 0 aliphatic heterocycles. The first-order valence-electron chi connectivity index (χ1n) is 6.04. The standard InChI is InChI=1S/C13H17ClN2O4/c1-13(2,3)15-12(17)20-11(8-16(18)19)9-6-4-5-7-10(9)14/h4-7,11H,8H2,1-3H3,(H,15,17). The predicted molar refractivity (Wildman–Crippen MR) is 75.4 cm³/mol. The van der Waals surface area contributed by atoms with Crippen molar-refractivity contribution < 1.29 is 14.5 Å². The maximum atomic E-state index is 11.7. The highest BCUT2D eigenvalue weighted by atomic mass is 35.5. The number of nitro groups is 1. The number of hydrogen-bond acceptors (Lipinski definition) is 4. The molecule has 20 heavy (non-hydrogen) atoms. The predicted octanol–water partition coefficient (Wildman–Crippen LogP) is 3.18. The summed E-state index contributed by atoms with van der Waals surface area (Å²) in [7, 11) is 0. The lowest BCUT2D eigenvalue weighted by Crippen LogP contribution is -2.41. The monoisotopic (exact) mass is 300 g/mol. The highest BCUT2D eigenvalue weighted by molar-refractivity contribution is 6.31. The van der Waals surface area contributed by atoms with E-state index in [4.69, 9.17) is 16.3 Å². The molecule has 1 amide bonds. The summed E-state index contributed by atoms with van der Waals surface area (Å²) in [5, 5.41) is 13.6. The van der Waals surface area contributed by atoms with E-state index in [2.05, 4.69) is 5.32 Å². The molecule has 6 nitrogen and oxygen atoms in total. The molecule has 1 aromatic rings. The average molecular weight is 301 g/mol. The number of carbonyl (C=O) groups excluding carboxylic acids is 1. The van der Waals surface area contributed by atoms with Gasteiger partial charge in [-0.05, 0) is 26.8 Å². The fourth-order valence-corrected chi connectivity index (χ4v) is 1.79. The van der Waals surface area contributed by atoms with Crippen LogP contribution in [0.5, 0.6) is 0 Å². The summed E-state index contributed by atoms with van der Waals surface area (Å²) >= 11 is 5.98. The normalized spacial score (nSPS) is 12.6. The van der Waals surface area contributed by atoms with E-state index in [1.54, 1.807) is 45.0 Å². The Hall–Kier alpha value is -1.82. The van der Waals surface area contributed by atoms with Crippen molar-refractivity contribution in [3.8, 4) is 0 Å². The van der Waals surface area contributed by atoms with E-state index < -0.39 is 29.2 Å². The van der Waals surface area contributed by atoms with E-state index in [1.807, 2.05) is 0 Å². The summed E-state index contributed by atoms with van der Waals surface area (Å²) in [5.74, 6) is 0. The first-order valence-corrected chi connectivity index (χ1v) is 6.42. The largest absolute Gasteiger partial charge is 0.434 e. The molecule has 1 N–H and O–H groups in total. The Labute approximate surface area is 122 Å². The second-order valence-electron chi connectivity index (χ2n) is 5.31. The van der Waals surface area contributed by atoms with Crippen LogP contribution in [0.2, 0.25) is 5.02 Å². The van der Waals surface area contributed by atoms with Crippen molar-refractivity contribution in [3.05, 3.63) is 45.0 Å². The number of nitrogens with one attached hydrogen (secondary N) is 1. The second-order valence-corrected chi connectivity index (χ2v) is 5.71. The van der Waals surface area contributed by atoms with Crippen molar-refractivity contribution in [3.63, 3.8) is 0 Å². The lowest BCUT2D eigenvalue weighted by molar-refractivity contribution is -0.491. The number of nitrogens with zero attached hydrogens (tertiary/aromatic N) is 1. The fraction of sp³-hybridized carbons (Fsp3) is 0.462. The van der Waals surface area contributed by atoms with E-state index in [9.17, 15) is 14.9 Å². The van der Waals surface area contributed by atoms with Gasteiger partial charge in [0.2, 0.25) is 6.54 Å². The van der Waals surface area contributed by atoms with Crippen LogP contribution in [0.1, 0.15) is 32.4 Å². The van der Waals surface area contributed by atoms with Crippen molar-refractivity contribution in [2.45, 2.75) is 32.4 Å². The molecule has 0 bridgehead atoms. The van der Waals surface area contributed by atoms with Crippen LogP contribution >= 0.6 is 11.6 Å². The van der Waals surface area contributed by atoms with Crippen LogP contribution in [0.3, 0.4) is 0 Å². The molecule has 1 rings (SSSR count). The van der Waals surface area contributed by atoms with Gasteiger partial charge in [0.05, 0.1) is 0 Å². The Morgan fingerprint density at radius 2 is 2.05 bits per heavy atom. The molecule has 0 spiro atoms. The third-order valence-electron chi connectivity index (χ3n) is 2.29. The molecule has 1 unspecified atom stereocenters. The molecule has 0 saturated carbocycles. The Morgan fingerprint density at radius 1 is 1.45 bits per heavy atom. The third kappa shape index (κ3) is 5.44. The van der Waals surface area contributed by atoms with Crippen molar-refractivity contribution in [1.29, 1.82) is 0 Å². The van der Waals surface area contributed by atoms with Crippen LogP contribution in [-0.2, 0) is 4.74 Å². The van der Waals surface area contributed by atoms with Crippen molar-refractivity contribution in [2.75, 3.05) is 6.54 Å². The topological polar surface area (TPSA) is 81.5 Å². The summed E-state index contributed by atoms with van der Waals surface area (Å²) in [6.07, 6.45) is -1.75. The molecular weight excluding hydrogens is 284 g/mol. The van der Waals surface area contributed by atoms with Gasteiger partial charge in [-0.3, -0.25) is 10.1 Å². The molecule has 0 aliphatic rings. The van der Waals surface area contributed by atoms with Gasteiger partial charge in [0.15, 0.2) is 6.10 Å². The Bertz CT molecular complexity index is 499.